The molecule has 0 aliphatic heterocycles. The van der Waals surface area contributed by atoms with E-state index in [1.807, 2.05) is 43.3 Å². The largest absolute Gasteiger partial charge is 0.273 e. The molecular formula is C27H30N4O2. The summed E-state index contributed by atoms with van der Waals surface area (Å²) in [5.74, 6) is 0.199. The molecule has 1 spiro atoms. The van der Waals surface area contributed by atoms with Gasteiger partial charge in [-0.1, -0.05) is 68.7 Å². The molecule has 0 unspecified atom stereocenters. The molecule has 2 aromatic carbocycles. The highest BCUT2D eigenvalue weighted by Crippen LogP contribution is 2.48. The van der Waals surface area contributed by atoms with E-state index < -0.39 is 0 Å². The number of hydrazine groups is 1. The number of hydrogen-bond acceptors (Lipinski definition) is 4. The van der Waals surface area contributed by atoms with Crippen LogP contribution in [0.3, 0.4) is 0 Å². The molecule has 3 aromatic rings. The highest BCUT2D eigenvalue weighted by Gasteiger charge is 2.43. The van der Waals surface area contributed by atoms with Crippen molar-refractivity contribution in [2.75, 3.05) is 5.43 Å². The average Bonchev–Trinajstić information content (AvgIpc) is 2.84. The Kier molecular flexibility index (Phi) is 5.75. The first kappa shape index (κ1) is 21.4. The predicted octanol–water partition coefficient (Wildman–Crippen LogP) is 4.90. The molecule has 170 valence electrons. The SMILES string of the molecule is CCCC(=O)NNc1nc2c(c(=O)n1-c1ccccc1)C1(CCCCC1)Cc1ccccc1-2. The molecule has 0 atom stereocenters. The molecule has 0 radical (unpaired) electrons. The molecule has 6 heteroatoms. The van der Waals surface area contributed by atoms with Crippen molar-refractivity contribution >= 4 is 11.9 Å². The van der Waals surface area contributed by atoms with Crippen LogP contribution in [0.15, 0.2) is 59.4 Å². The first-order valence-electron chi connectivity index (χ1n) is 12.0. The lowest BCUT2D eigenvalue weighted by Crippen LogP contribution is -2.43. The van der Waals surface area contributed by atoms with Gasteiger partial charge in [0.25, 0.3) is 5.56 Å². The van der Waals surface area contributed by atoms with E-state index in [4.69, 9.17) is 4.98 Å². The van der Waals surface area contributed by atoms with Crippen LogP contribution < -0.4 is 16.4 Å². The van der Waals surface area contributed by atoms with Crippen molar-refractivity contribution in [2.45, 2.75) is 63.7 Å². The standard InChI is InChI=1S/C27H30N4O2/c1-2-11-22(32)29-30-26-28-24-21-15-8-7-12-19(21)18-27(16-9-4-10-17-27)23(24)25(33)31(26)20-13-5-3-6-14-20/h3,5-8,12-15H,2,4,9-11,16-18H2,1H3,(H,28,30)(H,29,32). The van der Waals surface area contributed by atoms with Gasteiger partial charge in [-0.15, -0.1) is 0 Å². The first-order valence-corrected chi connectivity index (χ1v) is 12.0. The quantitative estimate of drug-likeness (QED) is 0.551. The van der Waals surface area contributed by atoms with Gasteiger partial charge in [-0.2, -0.15) is 0 Å². The lowest BCUT2D eigenvalue weighted by molar-refractivity contribution is -0.120. The monoisotopic (exact) mass is 442 g/mol. The second kappa shape index (κ2) is 8.85. The lowest BCUT2D eigenvalue weighted by Gasteiger charge is -2.42. The second-order valence-corrected chi connectivity index (χ2v) is 9.23. The number of carbonyl (C=O) groups is 1. The maximum Gasteiger partial charge on any atom is 0.263 e. The number of aromatic nitrogens is 2. The van der Waals surface area contributed by atoms with Crippen molar-refractivity contribution in [1.82, 2.24) is 15.0 Å². The fraction of sp³-hybridized carbons (Fsp3) is 0.370. The lowest BCUT2D eigenvalue weighted by atomic mass is 9.62. The van der Waals surface area contributed by atoms with Crippen LogP contribution in [0.4, 0.5) is 5.95 Å². The van der Waals surface area contributed by atoms with Gasteiger partial charge in [0, 0.05) is 17.4 Å². The molecule has 1 heterocycles. The van der Waals surface area contributed by atoms with Crippen LogP contribution in [0.1, 0.15) is 63.0 Å². The van der Waals surface area contributed by atoms with E-state index in [0.717, 1.165) is 61.0 Å². The summed E-state index contributed by atoms with van der Waals surface area (Å²) in [6.45, 7) is 1.96. The highest BCUT2D eigenvalue weighted by atomic mass is 16.2. The number of hydrogen-bond donors (Lipinski definition) is 2. The highest BCUT2D eigenvalue weighted by molar-refractivity contribution is 5.77. The van der Waals surface area contributed by atoms with Crippen molar-refractivity contribution in [3.63, 3.8) is 0 Å². The van der Waals surface area contributed by atoms with Gasteiger partial charge in [-0.05, 0) is 43.4 Å². The maximum absolute atomic E-state index is 14.3. The maximum atomic E-state index is 14.3. The second-order valence-electron chi connectivity index (χ2n) is 9.23. The van der Waals surface area contributed by atoms with Crippen molar-refractivity contribution in [3.05, 3.63) is 76.1 Å². The zero-order chi connectivity index (χ0) is 22.8. The molecule has 33 heavy (non-hydrogen) atoms. The Hall–Kier alpha value is -3.41. The average molecular weight is 443 g/mol. The van der Waals surface area contributed by atoms with Gasteiger partial charge in [-0.25, -0.2) is 9.55 Å². The zero-order valence-corrected chi connectivity index (χ0v) is 19.1. The predicted molar refractivity (Wildman–Crippen MR) is 130 cm³/mol. The molecule has 5 rings (SSSR count). The summed E-state index contributed by atoms with van der Waals surface area (Å²) < 4.78 is 1.62. The van der Waals surface area contributed by atoms with Gasteiger partial charge >= 0.3 is 0 Å². The number of benzene rings is 2. The first-order chi connectivity index (χ1) is 16.1. The topological polar surface area (TPSA) is 76.0 Å². The van der Waals surface area contributed by atoms with E-state index in [1.165, 1.54) is 12.0 Å². The number of amides is 1. The van der Waals surface area contributed by atoms with Crippen LogP contribution in [0.25, 0.3) is 16.9 Å². The molecule has 2 aliphatic rings. The molecule has 0 saturated heterocycles. The third kappa shape index (κ3) is 3.84. The number of nitrogens with zero attached hydrogens (tertiary/aromatic N) is 2. The van der Waals surface area contributed by atoms with Gasteiger partial charge in [-0.3, -0.25) is 20.4 Å². The van der Waals surface area contributed by atoms with Crippen LogP contribution in [0, 0.1) is 0 Å². The van der Waals surface area contributed by atoms with Gasteiger partial charge < -0.3 is 0 Å². The number of rotatable bonds is 5. The number of carbonyl (C=O) groups excluding carboxylic acids is 1. The number of anilines is 1. The third-order valence-electron chi connectivity index (χ3n) is 7.03. The van der Waals surface area contributed by atoms with E-state index in [9.17, 15) is 9.59 Å². The summed E-state index contributed by atoms with van der Waals surface area (Å²) in [6, 6.07) is 17.8. The molecule has 0 bridgehead atoms. The summed E-state index contributed by atoms with van der Waals surface area (Å²) in [4.78, 5) is 31.5. The number of nitrogens with one attached hydrogen (secondary N) is 2. The van der Waals surface area contributed by atoms with Crippen LogP contribution in [0.5, 0.6) is 0 Å². The summed E-state index contributed by atoms with van der Waals surface area (Å²) in [7, 11) is 0. The Morgan fingerprint density at radius 3 is 2.52 bits per heavy atom. The van der Waals surface area contributed by atoms with Gasteiger partial charge in [0.15, 0.2) is 0 Å². The van der Waals surface area contributed by atoms with Crippen molar-refractivity contribution in [1.29, 1.82) is 0 Å². The molecule has 1 amide bonds. The van der Waals surface area contributed by atoms with Crippen molar-refractivity contribution in [3.8, 4) is 16.9 Å². The van der Waals surface area contributed by atoms with E-state index in [0.29, 0.717) is 12.4 Å². The Balaban J connectivity index is 1.74. The van der Waals surface area contributed by atoms with Crippen LogP contribution in [0.2, 0.25) is 0 Å². The van der Waals surface area contributed by atoms with E-state index >= 15 is 0 Å². The van der Waals surface area contributed by atoms with Crippen LogP contribution in [-0.4, -0.2) is 15.5 Å². The summed E-state index contributed by atoms with van der Waals surface area (Å²) in [5.41, 5.74) is 10.0. The van der Waals surface area contributed by atoms with Crippen LogP contribution in [-0.2, 0) is 16.6 Å². The van der Waals surface area contributed by atoms with Crippen LogP contribution >= 0.6 is 0 Å². The minimum atomic E-state index is -0.188. The molecule has 2 N–H and O–H groups in total. The Morgan fingerprint density at radius 1 is 1.03 bits per heavy atom. The molecule has 1 fully saturated rings. The van der Waals surface area contributed by atoms with Crippen molar-refractivity contribution < 1.29 is 4.79 Å². The minimum absolute atomic E-state index is 0.0464. The fourth-order valence-electron chi connectivity index (χ4n) is 5.52. The Morgan fingerprint density at radius 2 is 1.76 bits per heavy atom. The molecule has 6 nitrogen and oxygen atoms in total. The van der Waals surface area contributed by atoms with E-state index in [2.05, 4.69) is 29.1 Å². The molecule has 1 aromatic heterocycles. The molecular weight excluding hydrogens is 412 g/mol. The molecule has 1 saturated carbocycles. The van der Waals surface area contributed by atoms with Gasteiger partial charge in [0.05, 0.1) is 16.9 Å². The fourth-order valence-corrected chi connectivity index (χ4v) is 5.52. The Labute approximate surface area is 194 Å². The summed E-state index contributed by atoms with van der Waals surface area (Å²) in [5, 5.41) is 0. The van der Waals surface area contributed by atoms with E-state index in [-0.39, 0.29) is 16.9 Å². The Bertz CT molecular complexity index is 1230. The smallest absolute Gasteiger partial charge is 0.263 e. The third-order valence-corrected chi connectivity index (χ3v) is 7.03. The normalized spacial score (nSPS) is 16.0. The summed E-state index contributed by atoms with van der Waals surface area (Å²) >= 11 is 0. The summed E-state index contributed by atoms with van der Waals surface area (Å²) in [6.07, 6.45) is 7.48. The molecule has 2 aliphatic carbocycles. The van der Waals surface area contributed by atoms with E-state index in [1.54, 1.807) is 4.57 Å². The number of fused-ring (bicyclic) bond motifs is 4. The zero-order valence-electron chi connectivity index (χ0n) is 19.1. The van der Waals surface area contributed by atoms with Gasteiger partial charge in [0.2, 0.25) is 11.9 Å². The van der Waals surface area contributed by atoms with Gasteiger partial charge in [0.1, 0.15) is 0 Å². The minimum Gasteiger partial charge on any atom is -0.273 e. The number of para-hydroxylation sites is 1. The van der Waals surface area contributed by atoms with Crippen molar-refractivity contribution in [2.24, 2.45) is 0 Å².